The van der Waals surface area contributed by atoms with Crippen molar-refractivity contribution in [1.29, 1.82) is 0 Å². The maximum atomic E-state index is 13.1. The average molecular weight is 307 g/mol. The summed E-state index contributed by atoms with van der Waals surface area (Å²) in [4.78, 5) is 12.0. The zero-order chi connectivity index (χ0) is 16.1. The summed E-state index contributed by atoms with van der Waals surface area (Å²) in [6.07, 6.45) is -0.819. The third kappa shape index (κ3) is 3.94. The van der Waals surface area contributed by atoms with Gasteiger partial charge in [0.15, 0.2) is 17.7 Å². The van der Waals surface area contributed by atoms with Gasteiger partial charge >= 0.3 is 0 Å². The summed E-state index contributed by atoms with van der Waals surface area (Å²) >= 11 is 0. The number of ether oxygens (including phenoxy) is 2. The Hall–Kier alpha value is -2.63. The molecule has 2 rings (SSSR count). The Morgan fingerprint density at radius 1 is 1.09 bits per heavy atom. The Bertz CT molecular complexity index is 676. The molecule has 22 heavy (non-hydrogen) atoms. The highest BCUT2D eigenvalue weighted by Gasteiger charge is 2.16. The van der Waals surface area contributed by atoms with E-state index >= 15 is 0 Å². The van der Waals surface area contributed by atoms with Crippen LogP contribution in [0.25, 0.3) is 0 Å². The predicted octanol–water partition coefficient (Wildman–Crippen LogP) is 3.38. The number of anilines is 1. The molecule has 1 amide bonds. The van der Waals surface area contributed by atoms with Crippen molar-refractivity contribution in [2.24, 2.45) is 0 Å². The van der Waals surface area contributed by atoms with Crippen molar-refractivity contribution < 1.29 is 23.0 Å². The Morgan fingerprint density at radius 3 is 2.50 bits per heavy atom. The molecule has 0 aliphatic rings. The quantitative estimate of drug-likeness (QED) is 0.921. The van der Waals surface area contributed by atoms with Gasteiger partial charge in [0.2, 0.25) is 0 Å². The average Bonchev–Trinajstić information content (AvgIpc) is 2.51. The van der Waals surface area contributed by atoms with Crippen molar-refractivity contribution in [3.8, 4) is 11.5 Å². The lowest BCUT2D eigenvalue weighted by molar-refractivity contribution is -0.122. The van der Waals surface area contributed by atoms with Crippen LogP contribution < -0.4 is 14.8 Å². The number of carbonyl (C=O) groups is 1. The second-order valence-corrected chi connectivity index (χ2v) is 4.56. The highest BCUT2D eigenvalue weighted by Crippen LogP contribution is 2.20. The normalized spacial score (nSPS) is 11.6. The number of amides is 1. The first-order chi connectivity index (χ1) is 10.5. The van der Waals surface area contributed by atoms with Crippen molar-refractivity contribution >= 4 is 11.6 Å². The number of hydrogen-bond donors (Lipinski definition) is 1. The first-order valence-corrected chi connectivity index (χ1v) is 6.56. The van der Waals surface area contributed by atoms with Gasteiger partial charge in [-0.2, -0.15) is 0 Å². The lowest BCUT2D eigenvalue weighted by atomic mass is 10.2. The summed E-state index contributed by atoms with van der Waals surface area (Å²) in [6.45, 7) is 1.55. The third-order valence-corrected chi connectivity index (χ3v) is 2.91. The smallest absolute Gasteiger partial charge is 0.265 e. The Balaban J connectivity index is 2.00. The minimum atomic E-state index is -1.03. The number of rotatable bonds is 5. The van der Waals surface area contributed by atoms with Crippen LogP contribution in [0, 0.1) is 11.6 Å². The number of methoxy groups -OCH3 is 1. The molecule has 0 radical (unpaired) electrons. The Labute approximate surface area is 126 Å². The maximum absolute atomic E-state index is 13.1. The highest BCUT2D eigenvalue weighted by molar-refractivity contribution is 5.94. The number of carbonyl (C=O) groups excluding carboxylic acids is 1. The monoisotopic (exact) mass is 307 g/mol. The van der Waals surface area contributed by atoms with Crippen molar-refractivity contribution in [3.63, 3.8) is 0 Å². The van der Waals surface area contributed by atoms with Crippen molar-refractivity contribution in [2.75, 3.05) is 12.4 Å². The van der Waals surface area contributed by atoms with Gasteiger partial charge in [-0.25, -0.2) is 8.78 Å². The summed E-state index contributed by atoms with van der Waals surface area (Å²) in [5.41, 5.74) is 0.157. The molecule has 0 fully saturated rings. The Morgan fingerprint density at radius 2 is 1.82 bits per heavy atom. The van der Waals surface area contributed by atoms with Crippen LogP contribution in [-0.4, -0.2) is 19.1 Å². The number of nitrogens with one attached hydrogen (secondary N) is 1. The molecule has 1 atom stereocenters. The molecule has 4 nitrogen and oxygen atoms in total. The summed E-state index contributed by atoms with van der Waals surface area (Å²) in [5, 5.41) is 2.46. The van der Waals surface area contributed by atoms with Crippen LogP contribution in [0.2, 0.25) is 0 Å². The minimum absolute atomic E-state index is 0.157. The van der Waals surface area contributed by atoms with Crippen LogP contribution in [0.1, 0.15) is 6.92 Å². The molecular weight excluding hydrogens is 292 g/mol. The molecule has 0 saturated heterocycles. The van der Waals surface area contributed by atoms with Gasteiger partial charge in [-0.1, -0.05) is 6.07 Å². The van der Waals surface area contributed by atoms with Crippen molar-refractivity contribution in [1.82, 2.24) is 0 Å². The summed E-state index contributed by atoms with van der Waals surface area (Å²) in [6, 6.07) is 9.93. The molecular formula is C16H15F2NO3. The van der Waals surface area contributed by atoms with Gasteiger partial charge in [0.05, 0.1) is 7.11 Å². The molecule has 0 saturated carbocycles. The molecule has 116 valence electrons. The van der Waals surface area contributed by atoms with Gasteiger partial charge in [0.1, 0.15) is 11.5 Å². The largest absolute Gasteiger partial charge is 0.497 e. The first-order valence-electron chi connectivity index (χ1n) is 6.56. The second kappa shape index (κ2) is 6.89. The van der Waals surface area contributed by atoms with Gasteiger partial charge in [-0.15, -0.1) is 0 Å². The Kier molecular flexibility index (Phi) is 4.93. The van der Waals surface area contributed by atoms with E-state index in [2.05, 4.69) is 5.32 Å². The standard InChI is InChI=1S/C16H15F2NO3/c1-10(22-13-5-3-4-12(9-13)21-2)16(20)19-11-6-7-14(17)15(18)8-11/h3-10H,1-2H3,(H,19,20)/t10-/m1/s1. The molecule has 0 unspecified atom stereocenters. The predicted molar refractivity (Wildman–Crippen MR) is 78.1 cm³/mol. The van der Waals surface area contributed by atoms with E-state index in [1.165, 1.54) is 13.2 Å². The van der Waals surface area contributed by atoms with E-state index in [4.69, 9.17) is 9.47 Å². The third-order valence-electron chi connectivity index (χ3n) is 2.91. The molecule has 0 aliphatic heterocycles. The topological polar surface area (TPSA) is 47.6 Å². The zero-order valence-corrected chi connectivity index (χ0v) is 12.1. The number of halogens is 2. The number of benzene rings is 2. The molecule has 2 aromatic carbocycles. The summed E-state index contributed by atoms with van der Waals surface area (Å²) in [7, 11) is 1.53. The van der Waals surface area contributed by atoms with Gasteiger partial charge in [0, 0.05) is 17.8 Å². The summed E-state index contributed by atoms with van der Waals surface area (Å²) in [5.74, 6) is -1.41. The highest BCUT2D eigenvalue weighted by atomic mass is 19.2. The van der Waals surface area contributed by atoms with E-state index < -0.39 is 23.6 Å². The van der Waals surface area contributed by atoms with Crippen LogP contribution in [0.3, 0.4) is 0 Å². The number of hydrogen-bond acceptors (Lipinski definition) is 3. The molecule has 0 aromatic heterocycles. The fourth-order valence-corrected chi connectivity index (χ4v) is 1.75. The maximum Gasteiger partial charge on any atom is 0.265 e. The van der Waals surface area contributed by atoms with Gasteiger partial charge < -0.3 is 14.8 Å². The van der Waals surface area contributed by atoms with Crippen molar-refractivity contribution in [2.45, 2.75) is 13.0 Å². The van der Waals surface area contributed by atoms with E-state index in [-0.39, 0.29) is 5.69 Å². The van der Waals surface area contributed by atoms with Crippen LogP contribution in [-0.2, 0) is 4.79 Å². The van der Waals surface area contributed by atoms with E-state index in [1.807, 2.05) is 0 Å². The van der Waals surface area contributed by atoms with E-state index in [0.717, 1.165) is 12.1 Å². The fourth-order valence-electron chi connectivity index (χ4n) is 1.75. The van der Waals surface area contributed by atoms with Crippen LogP contribution in [0.15, 0.2) is 42.5 Å². The van der Waals surface area contributed by atoms with E-state index in [9.17, 15) is 13.6 Å². The molecule has 0 heterocycles. The van der Waals surface area contributed by atoms with E-state index in [1.54, 1.807) is 31.2 Å². The van der Waals surface area contributed by atoms with Gasteiger partial charge in [-0.05, 0) is 31.2 Å². The second-order valence-electron chi connectivity index (χ2n) is 4.56. The lowest BCUT2D eigenvalue weighted by Crippen LogP contribution is -2.30. The molecule has 0 aliphatic carbocycles. The van der Waals surface area contributed by atoms with Gasteiger partial charge in [-0.3, -0.25) is 4.79 Å². The first kappa shape index (κ1) is 15.8. The van der Waals surface area contributed by atoms with E-state index in [0.29, 0.717) is 11.5 Å². The minimum Gasteiger partial charge on any atom is -0.497 e. The molecule has 0 spiro atoms. The van der Waals surface area contributed by atoms with Crippen molar-refractivity contribution in [3.05, 3.63) is 54.1 Å². The van der Waals surface area contributed by atoms with Crippen LogP contribution in [0.5, 0.6) is 11.5 Å². The zero-order valence-electron chi connectivity index (χ0n) is 12.1. The molecule has 6 heteroatoms. The van der Waals surface area contributed by atoms with Crippen LogP contribution >= 0.6 is 0 Å². The summed E-state index contributed by atoms with van der Waals surface area (Å²) < 4.78 is 36.5. The SMILES string of the molecule is COc1cccc(O[C@H](C)C(=O)Nc2ccc(F)c(F)c2)c1. The molecule has 2 aromatic rings. The lowest BCUT2D eigenvalue weighted by Gasteiger charge is -2.15. The fraction of sp³-hybridized carbons (Fsp3) is 0.188. The molecule has 0 bridgehead atoms. The van der Waals surface area contributed by atoms with Crippen LogP contribution in [0.4, 0.5) is 14.5 Å². The van der Waals surface area contributed by atoms with Gasteiger partial charge in [0.25, 0.3) is 5.91 Å². The molecule has 1 N–H and O–H groups in total.